The molecule has 0 bridgehead atoms. The van der Waals surface area contributed by atoms with Gasteiger partial charge in [0, 0.05) is 0 Å². The van der Waals surface area contributed by atoms with E-state index >= 15 is 0 Å². The van der Waals surface area contributed by atoms with Crippen molar-refractivity contribution in [3.05, 3.63) is 65.2 Å². The predicted molar refractivity (Wildman–Crippen MR) is 74.2 cm³/mol. The van der Waals surface area contributed by atoms with E-state index in [4.69, 9.17) is 0 Å². The molecule has 100 valence electrons. The van der Waals surface area contributed by atoms with E-state index < -0.39 is 0 Å². The van der Waals surface area contributed by atoms with Crippen LogP contribution in [0.3, 0.4) is 0 Å². The molecule has 0 radical (unpaired) electrons. The quantitative estimate of drug-likeness (QED) is 0.830. The van der Waals surface area contributed by atoms with Gasteiger partial charge >= 0.3 is 0 Å². The Labute approximate surface area is 112 Å². The third-order valence-corrected chi connectivity index (χ3v) is 3.13. The van der Waals surface area contributed by atoms with E-state index in [-0.39, 0.29) is 17.7 Å². The van der Waals surface area contributed by atoms with Crippen molar-refractivity contribution >= 4 is 5.69 Å². The van der Waals surface area contributed by atoms with Gasteiger partial charge in [-0.1, -0.05) is 25.1 Å². The first-order chi connectivity index (χ1) is 9.10. The molecule has 1 unspecified atom stereocenters. The third-order valence-electron chi connectivity index (χ3n) is 3.13. The average molecular weight is 261 g/mol. The lowest BCUT2D eigenvalue weighted by Gasteiger charge is -2.19. The molecule has 2 aromatic rings. The Morgan fingerprint density at radius 2 is 1.74 bits per heavy atom. The van der Waals surface area contributed by atoms with Crippen molar-refractivity contribution in [2.24, 2.45) is 0 Å². The van der Waals surface area contributed by atoms with Crippen molar-refractivity contribution in [3.63, 3.8) is 0 Å². The molecule has 1 atom stereocenters. The molecular formula is C16H17F2N. The van der Waals surface area contributed by atoms with Gasteiger partial charge in [0.15, 0.2) is 0 Å². The summed E-state index contributed by atoms with van der Waals surface area (Å²) in [7, 11) is 0. The number of benzene rings is 2. The maximum atomic E-state index is 13.8. The van der Waals surface area contributed by atoms with Gasteiger partial charge in [-0.3, -0.25) is 0 Å². The number of rotatable bonds is 4. The number of hydrogen-bond donors (Lipinski definition) is 1. The molecule has 0 aromatic heterocycles. The predicted octanol–water partition coefficient (Wildman–Crippen LogP) is 4.84. The lowest BCUT2D eigenvalue weighted by Crippen LogP contribution is -2.10. The molecule has 0 aliphatic heterocycles. The van der Waals surface area contributed by atoms with Crippen LogP contribution < -0.4 is 5.32 Å². The van der Waals surface area contributed by atoms with Gasteiger partial charge in [0.05, 0.1) is 11.7 Å². The summed E-state index contributed by atoms with van der Waals surface area (Å²) in [5.74, 6) is -0.527. The topological polar surface area (TPSA) is 12.0 Å². The average Bonchev–Trinajstić information content (AvgIpc) is 2.39. The van der Waals surface area contributed by atoms with Crippen molar-refractivity contribution in [1.82, 2.24) is 0 Å². The second kappa shape index (κ2) is 5.83. The van der Waals surface area contributed by atoms with Gasteiger partial charge < -0.3 is 5.32 Å². The summed E-state index contributed by atoms with van der Waals surface area (Å²) >= 11 is 0. The highest BCUT2D eigenvalue weighted by Gasteiger charge is 2.11. The molecule has 0 saturated carbocycles. The van der Waals surface area contributed by atoms with Crippen molar-refractivity contribution in [2.45, 2.75) is 26.3 Å². The van der Waals surface area contributed by atoms with Crippen LogP contribution in [0.5, 0.6) is 0 Å². The monoisotopic (exact) mass is 261 g/mol. The number of halogens is 2. The lowest BCUT2D eigenvalue weighted by molar-refractivity contribution is 0.619. The van der Waals surface area contributed by atoms with E-state index in [1.165, 1.54) is 18.2 Å². The second-order valence-corrected chi connectivity index (χ2v) is 4.64. The molecule has 0 fully saturated rings. The molecular weight excluding hydrogens is 244 g/mol. The van der Waals surface area contributed by atoms with E-state index in [0.717, 1.165) is 17.5 Å². The molecule has 19 heavy (non-hydrogen) atoms. The van der Waals surface area contributed by atoms with Gasteiger partial charge in [-0.25, -0.2) is 8.78 Å². The minimum Gasteiger partial charge on any atom is -0.376 e. The number of aryl methyl sites for hydroxylation is 1. The van der Waals surface area contributed by atoms with Crippen LogP contribution in [0.4, 0.5) is 14.5 Å². The summed E-state index contributed by atoms with van der Waals surface area (Å²) in [5, 5.41) is 3.16. The standard InChI is InChI=1S/C16H17F2N/c1-3-15(12-5-7-13(17)8-6-12)19-16-9-4-11(2)10-14(16)18/h4-10,15,19H,3H2,1-2H3. The largest absolute Gasteiger partial charge is 0.376 e. The minimum absolute atomic E-state index is 0.0298. The van der Waals surface area contributed by atoms with Crippen LogP contribution in [-0.2, 0) is 0 Å². The normalized spacial score (nSPS) is 12.2. The fourth-order valence-electron chi connectivity index (χ4n) is 2.04. The van der Waals surface area contributed by atoms with Gasteiger partial charge in [-0.15, -0.1) is 0 Å². The Kier molecular flexibility index (Phi) is 4.15. The molecule has 0 spiro atoms. The van der Waals surface area contributed by atoms with Crippen molar-refractivity contribution in [2.75, 3.05) is 5.32 Å². The first-order valence-electron chi connectivity index (χ1n) is 6.38. The number of anilines is 1. The van der Waals surface area contributed by atoms with Crippen LogP contribution in [0.2, 0.25) is 0 Å². The molecule has 0 heterocycles. The smallest absolute Gasteiger partial charge is 0.146 e. The van der Waals surface area contributed by atoms with Crippen molar-refractivity contribution in [1.29, 1.82) is 0 Å². The first-order valence-corrected chi connectivity index (χ1v) is 6.38. The number of hydrogen-bond acceptors (Lipinski definition) is 1. The Balaban J connectivity index is 2.21. The summed E-state index contributed by atoms with van der Waals surface area (Å²) in [4.78, 5) is 0. The highest BCUT2D eigenvalue weighted by molar-refractivity contribution is 5.48. The Bertz CT molecular complexity index is 549. The SMILES string of the molecule is CCC(Nc1ccc(C)cc1F)c1ccc(F)cc1. The van der Waals surface area contributed by atoms with Gasteiger partial charge in [0.2, 0.25) is 0 Å². The zero-order chi connectivity index (χ0) is 13.8. The summed E-state index contributed by atoms with van der Waals surface area (Å²) in [5.41, 5.74) is 2.31. The highest BCUT2D eigenvalue weighted by Crippen LogP contribution is 2.25. The summed E-state index contributed by atoms with van der Waals surface area (Å²) in [6, 6.07) is 11.4. The van der Waals surface area contributed by atoms with E-state index in [1.54, 1.807) is 18.2 Å². The van der Waals surface area contributed by atoms with E-state index in [2.05, 4.69) is 5.32 Å². The van der Waals surface area contributed by atoms with Crippen LogP contribution >= 0.6 is 0 Å². The molecule has 1 nitrogen and oxygen atoms in total. The fraction of sp³-hybridized carbons (Fsp3) is 0.250. The molecule has 1 N–H and O–H groups in total. The van der Waals surface area contributed by atoms with Gasteiger partial charge in [-0.05, 0) is 48.7 Å². The van der Waals surface area contributed by atoms with Crippen molar-refractivity contribution < 1.29 is 8.78 Å². The highest BCUT2D eigenvalue weighted by atomic mass is 19.1. The minimum atomic E-state index is -0.264. The maximum absolute atomic E-state index is 13.8. The molecule has 2 aromatic carbocycles. The van der Waals surface area contributed by atoms with Gasteiger partial charge in [0.25, 0.3) is 0 Å². The van der Waals surface area contributed by atoms with Crippen molar-refractivity contribution in [3.8, 4) is 0 Å². The van der Waals surface area contributed by atoms with Crippen LogP contribution in [0.15, 0.2) is 42.5 Å². The third kappa shape index (κ3) is 3.31. The van der Waals surface area contributed by atoms with E-state index in [9.17, 15) is 8.78 Å². The number of nitrogens with one attached hydrogen (secondary N) is 1. The molecule has 2 rings (SSSR count). The van der Waals surface area contributed by atoms with Crippen LogP contribution in [0.25, 0.3) is 0 Å². The molecule has 0 aliphatic rings. The first kappa shape index (κ1) is 13.5. The van der Waals surface area contributed by atoms with Crippen LogP contribution in [0.1, 0.15) is 30.5 Å². The summed E-state index contributed by atoms with van der Waals surface area (Å²) in [6.45, 7) is 3.86. The zero-order valence-corrected chi connectivity index (χ0v) is 11.1. The maximum Gasteiger partial charge on any atom is 0.146 e. The Morgan fingerprint density at radius 3 is 2.32 bits per heavy atom. The Morgan fingerprint density at radius 1 is 1.05 bits per heavy atom. The van der Waals surface area contributed by atoms with E-state index in [1.807, 2.05) is 19.9 Å². The van der Waals surface area contributed by atoms with Crippen LogP contribution in [-0.4, -0.2) is 0 Å². The summed E-state index contributed by atoms with van der Waals surface area (Å²) in [6.07, 6.45) is 0.791. The molecule has 3 heteroatoms. The van der Waals surface area contributed by atoms with E-state index in [0.29, 0.717) is 5.69 Å². The van der Waals surface area contributed by atoms with Gasteiger partial charge in [0.1, 0.15) is 11.6 Å². The van der Waals surface area contributed by atoms with Gasteiger partial charge in [-0.2, -0.15) is 0 Å². The molecule has 0 saturated heterocycles. The molecule has 0 aliphatic carbocycles. The zero-order valence-electron chi connectivity index (χ0n) is 11.1. The summed E-state index contributed by atoms with van der Waals surface area (Å²) < 4.78 is 26.7. The second-order valence-electron chi connectivity index (χ2n) is 4.64. The lowest BCUT2D eigenvalue weighted by atomic mass is 10.0. The Hall–Kier alpha value is -1.90. The fourth-order valence-corrected chi connectivity index (χ4v) is 2.04. The van der Waals surface area contributed by atoms with Crippen LogP contribution in [0, 0.1) is 18.6 Å². The molecule has 0 amide bonds.